The van der Waals surface area contributed by atoms with Gasteiger partial charge in [0.25, 0.3) is 0 Å². The van der Waals surface area contributed by atoms with E-state index in [2.05, 4.69) is 27.7 Å². The highest BCUT2D eigenvalue weighted by Crippen LogP contribution is 2.45. The quantitative estimate of drug-likeness (QED) is 0.278. The number of phenols is 1. The standard InChI is InChI=1S/C28H37NO4S/c1-6-7-13-28(14-12-19-8-10-20(30)11-9-19)17-23(31)25(26(32)33-28)34-24-15-18(2)22(29)16-21(24)27(3,4)5/h8-11,15-16,30-31H,6-7,12-14,17,29H2,1-5H3. The van der Waals surface area contributed by atoms with Gasteiger partial charge in [0, 0.05) is 17.0 Å². The van der Waals surface area contributed by atoms with Crippen LogP contribution in [0.4, 0.5) is 5.69 Å². The Morgan fingerprint density at radius 1 is 1.12 bits per heavy atom. The highest BCUT2D eigenvalue weighted by atomic mass is 32.2. The summed E-state index contributed by atoms with van der Waals surface area (Å²) in [6.45, 7) is 10.4. The molecule has 4 N–H and O–H groups in total. The SMILES string of the molecule is CCCCC1(CCc2ccc(O)cc2)CC(O)=C(Sc2cc(C)c(N)cc2C(C)(C)C)C(=O)O1. The number of nitrogens with two attached hydrogens (primary N) is 1. The molecule has 1 atom stereocenters. The fraction of sp³-hybridized carbons (Fsp3) is 0.464. The first-order valence-electron chi connectivity index (χ1n) is 12.0. The minimum Gasteiger partial charge on any atom is -0.511 e. The van der Waals surface area contributed by atoms with Crippen molar-refractivity contribution in [2.45, 2.75) is 89.1 Å². The molecule has 5 nitrogen and oxygen atoms in total. The maximum atomic E-state index is 13.2. The van der Waals surface area contributed by atoms with Crippen molar-refractivity contribution in [1.82, 2.24) is 0 Å². The summed E-state index contributed by atoms with van der Waals surface area (Å²) >= 11 is 1.27. The zero-order chi connectivity index (χ0) is 25.1. The molecule has 0 fully saturated rings. The molecule has 0 aliphatic carbocycles. The number of cyclic esters (lactones) is 1. The average Bonchev–Trinajstić information content (AvgIpc) is 2.76. The number of ether oxygens (including phenoxy) is 1. The zero-order valence-corrected chi connectivity index (χ0v) is 21.7. The number of aromatic hydroxyl groups is 1. The first-order chi connectivity index (χ1) is 15.9. The lowest BCUT2D eigenvalue weighted by Crippen LogP contribution is -2.40. The third kappa shape index (κ3) is 6.09. The Morgan fingerprint density at radius 2 is 1.79 bits per heavy atom. The van der Waals surface area contributed by atoms with Gasteiger partial charge >= 0.3 is 5.97 Å². The van der Waals surface area contributed by atoms with E-state index in [4.69, 9.17) is 10.5 Å². The molecule has 1 unspecified atom stereocenters. The molecule has 184 valence electrons. The van der Waals surface area contributed by atoms with Crippen molar-refractivity contribution >= 4 is 23.4 Å². The van der Waals surface area contributed by atoms with Crippen molar-refractivity contribution in [2.75, 3.05) is 5.73 Å². The Morgan fingerprint density at radius 3 is 2.38 bits per heavy atom. The van der Waals surface area contributed by atoms with E-state index in [0.29, 0.717) is 31.4 Å². The average molecular weight is 484 g/mol. The Kier molecular flexibility index (Phi) is 7.91. The molecule has 0 saturated heterocycles. The number of hydrogen-bond donors (Lipinski definition) is 3. The fourth-order valence-electron chi connectivity index (χ4n) is 4.30. The molecule has 0 spiro atoms. The second-order valence-corrected chi connectivity index (χ2v) is 11.4. The monoisotopic (exact) mass is 483 g/mol. The molecule has 1 aliphatic rings. The first kappa shape index (κ1) is 26.0. The predicted octanol–water partition coefficient (Wildman–Crippen LogP) is 6.95. The zero-order valence-electron chi connectivity index (χ0n) is 20.9. The fourth-order valence-corrected chi connectivity index (χ4v) is 5.54. The van der Waals surface area contributed by atoms with E-state index < -0.39 is 11.6 Å². The van der Waals surface area contributed by atoms with Gasteiger partial charge in [-0.3, -0.25) is 0 Å². The van der Waals surface area contributed by atoms with Gasteiger partial charge in [0.2, 0.25) is 0 Å². The molecule has 0 aromatic heterocycles. The van der Waals surface area contributed by atoms with E-state index >= 15 is 0 Å². The van der Waals surface area contributed by atoms with Gasteiger partial charge in [-0.25, -0.2) is 4.79 Å². The summed E-state index contributed by atoms with van der Waals surface area (Å²) < 4.78 is 6.10. The Hall–Kier alpha value is -2.60. The summed E-state index contributed by atoms with van der Waals surface area (Å²) in [5.74, 6) is -0.148. The number of thioether (sulfide) groups is 1. The van der Waals surface area contributed by atoms with Crippen LogP contribution in [0.3, 0.4) is 0 Å². The summed E-state index contributed by atoms with van der Waals surface area (Å²) in [4.78, 5) is 14.4. The van der Waals surface area contributed by atoms with Crippen LogP contribution in [0.2, 0.25) is 0 Å². The normalized spacial score (nSPS) is 18.8. The van der Waals surface area contributed by atoms with Crippen LogP contribution < -0.4 is 5.73 Å². The number of carbonyl (C=O) groups excluding carboxylic acids is 1. The third-order valence-corrected chi connectivity index (χ3v) is 7.59. The molecule has 2 aromatic carbocycles. The lowest BCUT2D eigenvalue weighted by Gasteiger charge is -2.37. The number of hydrogen-bond acceptors (Lipinski definition) is 6. The second-order valence-electron chi connectivity index (χ2n) is 10.4. The minimum absolute atomic E-state index is 0.0948. The van der Waals surface area contributed by atoms with Crippen LogP contribution in [0.5, 0.6) is 5.75 Å². The smallest absolute Gasteiger partial charge is 0.349 e. The Bertz CT molecular complexity index is 1070. The predicted molar refractivity (Wildman–Crippen MR) is 139 cm³/mol. The van der Waals surface area contributed by atoms with Crippen molar-refractivity contribution in [3.63, 3.8) is 0 Å². The van der Waals surface area contributed by atoms with Gasteiger partial charge in [-0.1, -0.05) is 58.0 Å². The summed E-state index contributed by atoms with van der Waals surface area (Å²) in [6, 6.07) is 11.0. The van der Waals surface area contributed by atoms with Gasteiger partial charge in [0.05, 0.1) is 0 Å². The number of nitrogen functional groups attached to an aromatic ring is 1. The number of anilines is 1. The molecule has 6 heteroatoms. The van der Waals surface area contributed by atoms with Crippen LogP contribution in [-0.4, -0.2) is 21.8 Å². The van der Waals surface area contributed by atoms with Crippen molar-refractivity contribution < 1.29 is 19.7 Å². The highest BCUT2D eigenvalue weighted by molar-refractivity contribution is 8.04. The number of aryl methyl sites for hydroxylation is 2. The van der Waals surface area contributed by atoms with Crippen LogP contribution in [0.15, 0.2) is 52.0 Å². The van der Waals surface area contributed by atoms with Crippen LogP contribution in [-0.2, 0) is 21.4 Å². The number of benzene rings is 2. The van der Waals surface area contributed by atoms with Crippen molar-refractivity contribution in [3.05, 3.63) is 63.8 Å². The van der Waals surface area contributed by atoms with Gasteiger partial charge in [-0.15, -0.1) is 0 Å². The van der Waals surface area contributed by atoms with E-state index in [1.807, 2.05) is 31.2 Å². The first-order valence-corrected chi connectivity index (χ1v) is 12.8. The molecule has 1 heterocycles. The van der Waals surface area contributed by atoms with E-state index in [-0.39, 0.29) is 21.8 Å². The van der Waals surface area contributed by atoms with Crippen molar-refractivity contribution in [2.24, 2.45) is 0 Å². The number of rotatable bonds is 8. The molecular weight excluding hydrogens is 446 g/mol. The summed E-state index contributed by atoms with van der Waals surface area (Å²) in [5, 5.41) is 20.6. The maximum Gasteiger partial charge on any atom is 0.349 e. The molecule has 0 amide bonds. The van der Waals surface area contributed by atoms with Gasteiger partial charge in [0.15, 0.2) is 0 Å². The Balaban J connectivity index is 1.89. The number of unbranched alkanes of at least 4 members (excludes halogenated alkanes) is 1. The van der Waals surface area contributed by atoms with E-state index in [9.17, 15) is 15.0 Å². The number of aliphatic hydroxyl groups is 1. The van der Waals surface area contributed by atoms with E-state index in [1.54, 1.807) is 12.1 Å². The number of carbonyl (C=O) groups is 1. The van der Waals surface area contributed by atoms with Crippen LogP contribution in [0.25, 0.3) is 0 Å². The van der Waals surface area contributed by atoms with E-state index in [0.717, 1.165) is 34.4 Å². The lowest BCUT2D eigenvalue weighted by molar-refractivity contribution is -0.159. The van der Waals surface area contributed by atoms with Crippen molar-refractivity contribution in [3.8, 4) is 5.75 Å². The van der Waals surface area contributed by atoms with Crippen LogP contribution >= 0.6 is 11.8 Å². The highest BCUT2D eigenvalue weighted by Gasteiger charge is 2.42. The number of esters is 1. The van der Waals surface area contributed by atoms with Gasteiger partial charge < -0.3 is 20.7 Å². The Labute approximate surface area is 207 Å². The molecular formula is C28H37NO4S. The van der Waals surface area contributed by atoms with E-state index in [1.165, 1.54) is 11.8 Å². The molecule has 2 aromatic rings. The molecule has 1 aliphatic heterocycles. The van der Waals surface area contributed by atoms with Gasteiger partial charge in [-0.2, -0.15) is 0 Å². The summed E-state index contributed by atoms with van der Waals surface area (Å²) in [6.07, 6.45) is 4.19. The second kappa shape index (κ2) is 10.3. The molecule has 0 saturated carbocycles. The molecule has 0 bridgehead atoms. The number of aliphatic hydroxyl groups excluding tert-OH is 1. The molecule has 0 radical (unpaired) electrons. The molecule has 34 heavy (non-hydrogen) atoms. The largest absolute Gasteiger partial charge is 0.511 e. The molecule has 3 rings (SSSR count). The van der Waals surface area contributed by atoms with Gasteiger partial charge in [-0.05, 0) is 79.0 Å². The van der Waals surface area contributed by atoms with Crippen LogP contribution in [0.1, 0.15) is 76.5 Å². The summed E-state index contributed by atoms with van der Waals surface area (Å²) in [5.41, 5.74) is 9.00. The topological polar surface area (TPSA) is 92.8 Å². The van der Waals surface area contributed by atoms with Gasteiger partial charge in [0.1, 0.15) is 22.0 Å². The number of phenolic OH excluding ortho intramolecular Hbond substituents is 1. The summed E-state index contributed by atoms with van der Waals surface area (Å²) in [7, 11) is 0. The van der Waals surface area contributed by atoms with Crippen LogP contribution in [0, 0.1) is 6.92 Å². The van der Waals surface area contributed by atoms with Crippen molar-refractivity contribution in [1.29, 1.82) is 0 Å². The lowest BCUT2D eigenvalue weighted by atomic mass is 9.84. The third-order valence-electron chi connectivity index (χ3n) is 6.43. The minimum atomic E-state index is -0.733. The maximum absolute atomic E-state index is 13.2.